The van der Waals surface area contributed by atoms with Crippen LogP contribution in [0.25, 0.3) is 0 Å². The monoisotopic (exact) mass is 243 g/mol. The normalized spacial score (nSPS) is 23.1. The van der Waals surface area contributed by atoms with Crippen LogP contribution in [0, 0.1) is 5.41 Å². The summed E-state index contributed by atoms with van der Waals surface area (Å²) < 4.78 is 5.44. The molecule has 0 N–H and O–H groups in total. The molecular formula is C15H33NO. The van der Waals surface area contributed by atoms with Crippen LogP contribution in [0.2, 0.25) is 0 Å². The lowest BCUT2D eigenvalue weighted by Gasteiger charge is -2.43. The Labute approximate surface area is 109 Å². The minimum atomic E-state index is 0.671. The van der Waals surface area contributed by atoms with Crippen molar-refractivity contribution in [2.45, 2.75) is 60.3 Å². The second-order valence-electron chi connectivity index (χ2n) is 4.55. The molecule has 2 heterocycles. The number of hydrogen-bond acceptors (Lipinski definition) is 2. The van der Waals surface area contributed by atoms with Gasteiger partial charge in [0.05, 0.1) is 0 Å². The fraction of sp³-hybridized carbons (Fsp3) is 1.00. The van der Waals surface area contributed by atoms with E-state index in [1.54, 1.807) is 0 Å². The Morgan fingerprint density at radius 3 is 1.76 bits per heavy atom. The van der Waals surface area contributed by atoms with Crippen LogP contribution in [-0.2, 0) is 4.74 Å². The Morgan fingerprint density at radius 1 is 0.882 bits per heavy atom. The number of nitrogens with zero attached hydrogens (tertiary/aromatic N) is 1. The largest absolute Gasteiger partial charge is 0.381 e. The van der Waals surface area contributed by atoms with Crippen molar-refractivity contribution in [3.63, 3.8) is 0 Å². The molecule has 0 aromatic heterocycles. The molecule has 1 spiro atoms. The van der Waals surface area contributed by atoms with Crippen molar-refractivity contribution in [2.75, 3.05) is 32.8 Å². The molecule has 2 rings (SSSR count). The lowest BCUT2D eigenvalue weighted by Crippen LogP contribution is -2.42. The van der Waals surface area contributed by atoms with Crippen LogP contribution in [0.5, 0.6) is 0 Å². The summed E-state index contributed by atoms with van der Waals surface area (Å²) in [6, 6.07) is 0. The van der Waals surface area contributed by atoms with Crippen molar-refractivity contribution in [3.05, 3.63) is 0 Å². The minimum absolute atomic E-state index is 0.671. The molecule has 0 saturated carbocycles. The highest BCUT2D eigenvalue weighted by atomic mass is 16.5. The lowest BCUT2D eigenvalue weighted by atomic mass is 9.72. The van der Waals surface area contributed by atoms with Crippen LogP contribution in [0.4, 0.5) is 0 Å². The minimum Gasteiger partial charge on any atom is -0.381 e. The molecule has 0 bridgehead atoms. The van der Waals surface area contributed by atoms with Gasteiger partial charge in [0.25, 0.3) is 0 Å². The average Bonchev–Trinajstić information content (AvgIpc) is 2.45. The molecule has 2 saturated heterocycles. The highest BCUT2D eigenvalue weighted by Crippen LogP contribution is 2.40. The molecule has 0 aliphatic carbocycles. The summed E-state index contributed by atoms with van der Waals surface area (Å²) >= 11 is 0. The second-order valence-corrected chi connectivity index (χ2v) is 4.55. The summed E-state index contributed by atoms with van der Waals surface area (Å²) in [6.07, 6.45) is 5.43. The molecule has 104 valence electrons. The van der Waals surface area contributed by atoms with E-state index in [9.17, 15) is 0 Å². The zero-order valence-electron chi connectivity index (χ0n) is 12.7. The van der Waals surface area contributed by atoms with E-state index < -0.39 is 0 Å². The zero-order chi connectivity index (χ0) is 13.1. The summed E-state index contributed by atoms with van der Waals surface area (Å²) in [5.74, 6) is 0. The number of piperidine rings is 1. The molecule has 2 aliphatic rings. The number of hydrogen-bond donors (Lipinski definition) is 0. The Hall–Kier alpha value is -0.0800. The van der Waals surface area contributed by atoms with Crippen LogP contribution in [-0.4, -0.2) is 37.7 Å². The zero-order valence-corrected chi connectivity index (χ0v) is 12.7. The number of likely N-dealkylation sites (tertiary alicyclic amines) is 1. The molecule has 17 heavy (non-hydrogen) atoms. The molecule has 2 heteroatoms. The van der Waals surface area contributed by atoms with E-state index in [1.165, 1.54) is 45.3 Å². The fourth-order valence-electron chi connectivity index (χ4n) is 2.65. The molecule has 2 fully saturated rings. The van der Waals surface area contributed by atoms with Crippen molar-refractivity contribution in [1.82, 2.24) is 4.90 Å². The summed E-state index contributed by atoms with van der Waals surface area (Å²) in [6.45, 7) is 16.1. The van der Waals surface area contributed by atoms with Gasteiger partial charge in [-0.05, 0) is 50.7 Å². The molecule has 0 atom stereocenters. The molecule has 2 nitrogen and oxygen atoms in total. The highest BCUT2D eigenvalue weighted by molar-refractivity contribution is 4.87. The van der Waals surface area contributed by atoms with Gasteiger partial charge in [0.15, 0.2) is 0 Å². The van der Waals surface area contributed by atoms with E-state index in [1.807, 2.05) is 27.7 Å². The maximum atomic E-state index is 5.44. The summed E-state index contributed by atoms with van der Waals surface area (Å²) in [5.41, 5.74) is 0.671. The van der Waals surface area contributed by atoms with Crippen LogP contribution in [0.1, 0.15) is 60.3 Å². The van der Waals surface area contributed by atoms with Crippen LogP contribution >= 0.6 is 0 Å². The van der Waals surface area contributed by atoms with Gasteiger partial charge < -0.3 is 9.64 Å². The Kier molecular flexibility index (Phi) is 9.85. The molecule has 0 unspecified atom stereocenters. The van der Waals surface area contributed by atoms with Crippen LogP contribution in [0.3, 0.4) is 0 Å². The quantitative estimate of drug-likeness (QED) is 0.691. The Bertz CT molecular complexity index is 154. The van der Waals surface area contributed by atoms with E-state index in [2.05, 4.69) is 11.8 Å². The van der Waals surface area contributed by atoms with Gasteiger partial charge in [0, 0.05) is 13.2 Å². The van der Waals surface area contributed by atoms with Crippen LogP contribution in [0.15, 0.2) is 0 Å². The van der Waals surface area contributed by atoms with Crippen molar-refractivity contribution in [1.29, 1.82) is 0 Å². The van der Waals surface area contributed by atoms with Gasteiger partial charge in [-0.2, -0.15) is 0 Å². The summed E-state index contributed by atoms with van der Waals surface area (Å²) in [7, 11) is 0. The topological polar surface area (TPSA) is 12.5 Å². The van der Waals surface area contributed by atoms with E-state index in [0.29, 0.717) is 5.41 Å². The van der Waals surface area contributed by atoms with Gasteiger partial charge in [-0.25, -0.2) is 0 Å². The predicted molar refractivity (Wildman–Crippen MR) is 76.5 cm³/mol. The smallest absolute Gasteiger partial charge is 0.0471 e. The standard InChI is InChI=1S/C11H21NO.2C2H6/c1-2-12-7-3-11(4-8-12)5-9-13-10-6-11;2*1-2/h2-10H2,1H3;2*1-2H3. The third kappa shape index (κ3) is 5.39. The van der Waals surface area contributed by atoms with Crippen LogP contribution < -0.4 is 0 Å². The van der Waals surface area contributed by atoms with E-state index in [-0.39, 0.29) is 0 Å². The third-order valence-corrected chi connectivity index (χ3v) is 3.92. The van der Waals surface area contributed by atoms with Gasteiger partial charge in [0.2, 0.25) is 0 Å². The van der Waals surface area contributed by atoms with E-state index in [4.69, 9.17) is 4.74 Å². The SMILES string of the molecule is CC.CC.CCN1CCC2(CCOCC2)CC1. The predicted octanol–water partition coefficient (Wildman–Crippen LogP) is 3.95. The van der Waals surface area contributed by atoms with Crippen molar-refractivity contribution in [2.24, 2.45) is 5.41 Å². The maximum Gasteiger partial charge on any atom is 0.0471 e. The summed E-state index contributed by atoms with van der Waals surface area (Å²) in [5, 5.41) is 0. The van der Waals surface area contributed by atoms with E-state index >= 15 is 0 Å². The van der Waals surface area contributed by atoms with Crippen molar-refractivity contribution >= 4 is 0 Å². The van der Waals surface area contributed by atoms with Crippen molar-refractivity contribution in [3.8, 4) is 0 Å². The molecule has 0 aromatic carbocycles. The number of rotatable bonds is 1. The van der Waals surface area contributed by atoms with E-state index in [0.717, 1.165) is 13.2 Å². The van der Waals surface area contributed by atoms with Gasteiger partial charge in [-0.15, -0.1) is 0 Å². The number of ether oxygens (including phenoxy) is 1. The van der Waals surface area contributed by atoms with Gasteiger partial charge >= 0.3 is 0 Å². The first-order chi connectivity index (χ1) is 8.35. The highest BCUT2D eigenvalue weighted by Gasteiger charge is 2.35. The molecule has 2 aliphatic heterocycles. The molecule has 0 aromatic rings. The molecular weight excluding hydrogens is 210 g/mol. The first kappa shape index (κ1) is 16.9. The average molecular weight is 243 g/mol. The maximum absolute atomic E-state index is 5.44. The van der Waals surface area contributed by atoms with Crippen molar-refractivity contribution < 1.29 is 4.74 Å². The van der Waals surface area contributed by atoms with Gasteiger partial charge in [0.1, 0.15) is 0 Å². The fourth-order valence-corrected chi connectivity index (χ4v) is 2.65. The Balaban J connectivity index is 0.000000581. The Morgan fingerprint density at radius 2 is 1.35 bits per heavy atom. The van der Waals surface area contributed by atoms with Gasteiger partial charge in [-0.1, -0.05) is 34.6 Å². The third-order valence-electron chi connectivity index (χ3n) is 3.92. The first-order valence-corrected chi connectivity index (χ1v) is 7.65. The second kappa shape index (κ2) is 9.90. The summed E-state index contributed by atoms with van der Waals surface area (Å²) in [4.78, 5) is 2.57. The molecule has 0 radical (unpaired) electrons. The van der Waals surface area contributed by atoms with Gasteiger partial charge in [-0.3, -0.25) is 0 Å². The first-order valence-electron chi connectivity index (χ1n) is 7.65. The lowest BCUT2D eigenvalue weighted by molar-refractivity contribution is -0.0197. The molecule has 0 amide bonds.